The fraction of sp³-hybridized carbons (Fsp3) is 0.500. The Morgan fingerprint density at radius 1 is 1.33 bits per heavy atom. The Labute approximate surface area is 105 Å². The van der Waals surface area contributed by atoms with Crippen molar-refractivity contribution in [2.24, 2.45) is 0 Å². The van der Waals surface area contributed by atoms with E-state index in [1.54, 1.807) is 6.92 Å². The summed E-state index contributed by atoms with van der Waals surface area (Å²) in [6, 6.07) is 2.33. The number of sulfone groups is 1. The number of nitrogens with one attached hydrogen (secondary N) is 1. The Morgan fingerprint density at radius 2 is 2.00 bits per heavy atom. The molecule has 1 saturated heterocycles. The number of hydrogen-bond donors (Lipinski definition) is 1. The molecule has 1 atom stereocenters. The van der Waals surface area contributed by atoms with E-state index >= 15 is 0 Å². The molecule has 0 radical (unpaired) electrons. The van der Waals surface area contributed by atoms with Crippen LogP contribution in [-0.4, -0.2) is 21.2 Å². The smallest absolute Gasteiger partial charge is 0.181 e. The summed E-state index contributed by atoms with van der Waals surface area (Å²) in [6.45, 7) is 2.53. The predicted octanol–water partition coefficient (Wildman–Crippen LogP) is 1.97. The van der Waals surface area contributed by atoms with Gasteiger partial charge in [0.2, 0.25) is 0 Å². The molecule has 1 fully saturated rings. The van der Waals surface area contributed by atoms with Crippen LogP contribution < -0.4 is 5.32 Å². The van der Waals surface area contributed by atoms with Crippen molar-refractivity contribution in [3.8, 4) is 0 Å². The van der Waals surface area contributed by atoms with Crippen LogP contribution in [0.1, 0.15) is 25.3 Å². The number of benzene rings is 1. The lowest BCUT2D eigenvalue weighted by atomic mass is 9.90. The van der Waals surface area contributed by atoms with Crippen LogP contribution in [0.25, 0.3) is 0 Å². The second kappa shape index (κ2) is 4.28. The molecule has 100 valence electrons. The van der Waals surface area contributed by atoms with E-state index in [0.717, 1.165) is 25.3 Å². The molecule has 0 spiro atoms. The normalized spacial score (nSPS) is 24.4. The largest absolute Gasteiger partial charge is 0.308 e. The van der Waals surface area contributed by atoms with Crippen molar-refractivity contribution in [1.29, 1.82) is 0 Å². The fourth-order valence-corrected chi connectivity index (χ4v) is 3.28. The van der Waals surface area contributed by atoms with Crippen LogP contribution in [0.3, 0.4) is 0 Å². The van der Waals surface area contributed by atoms with E-state index in [4.69, 9.17) is 0 Å². The molecule has 0 aliphatic carbocycles. The Hall–Kier alpha value is -1.01. The van der Waals surface area contributed by atoms with E-state index in [9.17, 15) is 17.2 Å². The standard InChI is InChI=1S/C12H15F2NO2S/c1-12(6-3-7-15-12)8-4-5-9(13)11(10(8)14)18(2,16)17/h4-5,15H,3,6-7H2,1-2H3. The monoisotopic (exact) mass is 275 g/mol. The van der Waals surface area contributed by atoms with Crippen molar-refractivity contribution < 1.29 is 17.2 Å². The topological polar surface area (TPSA) is 46.2 Å². The molecule has 1 aromatic rings. The van der Waals surface area contributed by atoms with Crippen molar-refractivity contribution in [2.75, 3.05) is 12.8 Å². The Morgan fingerprint density at radius 3 is 2.50 bits per heavy atom. The average Bonchev–Trinajstić information content (AvgIpc) is 2.63. The third-order valence-corrected chi connectivity index (χ3v) is 4.50. The molecule has 3 nitrogen and oxygen atoms in total. The van der Waals surface area contributed by atoms with Crippen LogP contribution in [0.5, 0.6) is 0 Å². The van der Waals surface area contributed by atoms with Gasteiger partial charge in [-0.05, 0) is 32.4 Å². The van der Waals surface area contributed by atoms with Gasteiger partial charge in [-0.2, -0.15) is 0 Å². The Kier molecular flexibility index (Phi) is 3.19. The van der Waals surface area contributed by atoms with Crippen LogP contribution in [-0.2, 0) is 15.4 Å². The molecule has 1 unspecified atom stereocenters. The molecule has 0 aromatic heterocycles. The van der Waals surface area contributed by atoms with E-state index in [1.807, 2.05) is 0 Å². The number of rotatable bonds is 2. The van der Waals surface area contributed by atoms with Crippen LogP contribution >= 0.6 is 0 Å². The van der Waals surface area contributed by atoms with Crippen LogP contribution in [0.4, 0.5) is 8.78 Å². The zero-order chi connectivity index (χ0) is 13.6. The molecule has 1 aromatic carbocycles. The highest BCUT2D eigenvalue weighted by molar-refractivity contribution is 7.90. The molecular weight excluding hydrogens is 260 g/mol. The van der Waals surface area contributed by atoms with Crippen molar-refractivity contribution in [3.63, 3.8) is 0 Å². The minimum Gasteiger partial charge on any atom is -0.308 e. The van der Waals surface area contributed by atoms with Gasteiger partial charge in [-0.25, -0.2) is 17.2 Å². The maximum absolute atomic E-state index is 14.3. The lowest BCUT2D eigenvalue weighted by Gasteiger charge is -2.26. The zero-order valence-electron chi connectivity index (χ0n) is 10.3. The molecule has 0 amide bonds. The van der Waals surface area contributed by atoms with Crippen molar-refractivity contribution in [3.05, 3.63) is 29.3 Å². The summed E-state index contributed by atoms with van der Waals surface area (Å²) in [6.07, 6.45) is 2.38. The zero-order valence-corrected chi connectivity index (χ0v) is 11.1. The SMILES string of the molecule is CC1(c2ccc(F)c(S(C)(=O)=O)c2F)CCCN1. The highest BCUT2D eigenvalue weighted by Gasteiger charge is 2.35. The molecule has 2 rings (SSSR count). The third-order valence-electron chi connectivity index (χ3n) is 3.38. The lowest BCUT2D eigenvalue weighted by molar-refractivity contribution is 0.399. The minimum absolute atomic E-state index is 0.210. The maximum Gasteiger partial charge on any atom is 0.181 e. The van der Waals surface area contributed by atoms with Gasteiger partial charge in [-0.15, -0.1) is 0 Å². The number of hydrogen-bond acceptors (Lipinski definition) is 3. The number of halogens is 2. The highest BCUT2D eigenvalue weighted by atomic mass is 32.2. The fourth-order valence-electron chi connectivity index (χ4n) is 2.42. The summed E-state index contributed by atoms with van der Waals surface area (Å²) in [5.41, 5.74) is -0.418. The summed E-state index contributed by atoms with van der Waals surface area (Å²) in [4.78, 5) is -0.838. The summed E-state index contributed by atoms with van der Waals surface area (Å²) in [5.74, 6) is -2.02. The van der Waals surface area contributed by atoms with Crippen molar-refractivity contribution >= 4 is 9.84 Å². The van der Waals surface area contributed by atoms with Gasteiger partial charge in [0, 0.05) is 17.4 Å². The summed E-state index contributed by atoms with van der Waals surface area (Å²) < 4.78 is 50.7. The van der Waals surface area contributed by atoms with Crippen LogP contribution in [0.2, 0.25) is 0 Å². The van der Waals surface area contributed by atoms with E-state index in [-0.39, 0.29) is 5.56 Å². The molecule has 0 bridgehead atoms. The molecule has 1 aliphatic heterocycles. The second-order valence-corrected chi connectivity index (χ2v) is 6.83. The molecular formula is C12H15F2NO2S. The van der Waals surface area contributed by atoms with E-state index in [1.165, 1.54) is 6.07 Å². The molecule has 1 N–H and O–H groups in total. The Balaban J connectivity index is 2.65. The van der Waals surface area contributed by atoms with Gasteiger partial charge in [0.05, 0.1) is 0 Å². The first-order valence-electron chi connectivity index (χ1n) is 5.69. The first-order chi connectivity index (χ1) is 8.26. The molecule has 1 aliphatic rings. The van der Waals surface area contributed by atoms with Gasteiger partial charge in [-0.3, -0.25) is 0 Å². The minimum atomic E-state index is -3.92. The third kappa shape index (κ3) is 2.14. The van der Waals surface area contributed by atoms with E-state index in [0.29, 0.717) is 6.42 Å². The van der Waals surface area contributed by atoms with E-state index in [2.05, 4.69) is 5.32 Å². The second-order valence-electron chi connectivity index (χ2n) is 4.87. The predicted molar refractivity (Wildman–Crippen MR) is 64.1 cm³/mol. The highest BCUT2D eigenvalue weighted by Crippen LogP contribution is 2.34. The summed E-state index contributed by atoms with van der Waals surface area (Å²) in [5, 5.41) is 3.13. The van der Waals surface area contributed by atoms with Gasteiger partial charge in [0.1, 0.15) is 16.5 Å². The molecule has 18 heavy (non-hydrogen) atoms. The summed E-state index contributed by atoms with van der Waals surface area (Å²) in [7, 11) is -3.92. The lowest BCUT2D eigenvalue weighted by Crippen LogP contribution is -2.34. The van der Waals surface area contributed by atoms with Gasteiger partial charge in [0.25, 0.3) is 0 Å². The molecule has 0 saturated carbocycles. The summed E-state index contributed by atoms with van der Waals surface area (Å²) >= 11 is 0. The van der Waals surface area contributed by atoms with Crippen molar-refractivity contribution in [2.45, 2.75) is 30.2 Å². The van der Waals surface area contributed by atoms with Gasteiger partial charge < -0.3 is 5.32 Å². The maximum atomic E-state index is 14.3. The van der Waals surface area contributed by atoms with Gasteiger partial charge in [0.15, 0.2) is 9.84 Å². The van der Waals surface area contributed by atoms with Gasteiger partial charge >= 0.3 is 0 Å². The average molecular weight is 275 g/mol. The molecule has 1 heterocycles. The first-order valence-corrected chi connectivity index (χ1v) is 7.58. The first kappa shape index (κ1) is 13.4. The van der Waals surface area contributed by atoms with Crippen LogP contribution in [0, 0.1) is 11.6 Å². The Bertz CT molecular complexity index is 578. The van der Waals surface area contributed by atoms with E-state index < -0.39 is 31.9 Å². The molecule has 6 heteroatoms. The van der Waals surface area contributed by atoms with Crippen LogP contribution in [0.15, 0.2) is 17.0 Å². The van der Waals surface area contributed by atoms with Crippen molar-refractivity contribution in [1.82, 2.24) is 5.32 Å². The van der Waals surface area contributed by atoms with Gasteiger partial charge in [-0.1, -0.05) is 6.07 Å². The quantitative estimate of drug-likeness (QED) is 0.897.